The van der Waals surface area contributed by atoms with Crippen molar-refractivity contribution in [1.82, 2.24) is 4.98 Å². The smallest absolute Gasteiger partial charge is 0.139 e. The predicted molar refractivity (Wildman–Crippen MR) is 78.6 cm³/mol. The lowest BCUT2D eigenvalue weighted by Gasteiger charge is -2.09. The average Bonchev–Trinajstić information content (AvgIpc) is 2.37. The predicted octanol–water partition coefficient (Wildman–Crippen LogP) is 3.06. The molecule has 18 heavy (non-hydrogen) atoms. The molecule has 0 saturated heterocycles. The van der Waals surface area contributed by atoms with Gasteiger partial charge < -0.3 is 10.5 Å². The molecule has 0 saturated carbocycles. The van der Waals surface area contributed by atoms with E-state index in [0.29, 0.717) is 17.3 Å². The van der Waals surface area contributed by atoms with E-state index in [1.54, 1.807) is 12.4 Å². The summed E-state index contributed by atoms with van der Waals surface area (Å²) in [5.41, 5.74) is 7.47. The van der Waals surface area contributed by atoms with Crippen LogP contribution in [0, 0.1) is 0 Å². The van der Waals surface area contributed by atoms with E-state index in [2.05, 4.69) is 20.9 Å². The minimum atomic E-state index is 0.376. The zero-order valence-corrected chi connectivity index (χ0v) is 11.9. The van der Waals surface area contributed by atoms with E-state index in [1.807, 2.05) is 30.3 Å². The Balaban J connectivity index is 2.13. The van der Waals surface area contributed by atoms with Gasteiger partial charge in [-0.25, -0.2) is 0 Å². The largest absolute Gasteiger partial charge is 0.487 e. The van der Waals surface area contributed by atoms with E-state index in [4.69, 9.17) is 22.7 Å². The van der Waals surface area contributed by atoms with Gasteiger partial charge in [0.2, 0.25) is 0 Å². The Labute approximate surface area is 119 Å². The minimum Gasteiger partial charge on any atom is -0.487 e. The van der Waals surface area contributed by atoms with Crippen molar-refractivity contribution in [3.63, 3.8) is 0 Å². The Bertz CT molecular complexity index is 574. The summed E-state index contributed by atoms with van der Waals surface area (Å²) in [7, 11) is 0. The number of hydrogen-bond donors (Lipinski definition) is 1. The molecule has 0 amide bonds. The molecule has 5 heteroatoms. The highest BCUT2D eigenvalue weighted by atomic mass is 79.9. The first kappa shape index (κ1) is 13.0. The fraction of sp³-hybridized carbons (Fsp3) is 0.0769. The Kier molecular flexibility index (Phi) is 4.28. The molecule has 1 heterocycles. The average molecular weight is 323 g/mol. The first-order valence-corrected chi connectivity index (χ1v) is 6.48. The van der Waals surface area contributed by atoms with Crippen LogP contribution in [0.2, 0.25) is 0 Å². The fourth-order valence-corrected chi connectivity index (χ4v) is 2.06. The maximum atomic E-state index is 5.66. The van der Waals surface area contributed by atoms with Crippen LogP contribution in [-0.2, 0) is 6.61 Å². The molecule has 0 unspecified atom stereocenters. The highest BCUT2D eigenvalue weighted by Crippen LogP contribution is 2.18. The van der Waals surface area contributed by atoms with Crippen LogP contribution in [0.15, 0.2) is 47.2 Å². The standard InChI is InChI=1S/C13H11BrN2OS/c14-10-5-11(7-16-6-10)17-8-9-3-1-2-4-12(9)13(15)18/h1-7H,8H2,(H2,15,18). The Morgan fingerprint density at radius 1 is 1.33 bits per heavy atom. The van der Waals surface area contributed by atoms with Gasteiger partial charge in [-0.2, -0.15) is 0 Å². The summed E-state index contributed by atoms with van der Waals surface area (Å²) in [5.74, 6) is 0.696. The number of ether oxygens (including phenoxy) is 1. The van der Waals surface area contributed by atoms with Crippen LogP contribution in [0.1, 0.15) is 11.1 Å². The summed E-state index contributed by atoms with van der Waals surface area (Å²) in [6, 6.07) is 9.52. The van der Waals surface area contributed by atoms with Crippen LogP contribution in [0.4, 0.5) is 0 Å². The van der Waals surface area contributed by atoms with Gasteiger partial charge in [-0.1, -0.05) is 36.5 Å². The lowest BCUT2D eigenvalue weighted by Crippen LogP contribution is -2.13. The number of pyridine rings is 1. The number of hydrogen-bond acceptors (Lipinski definition) is 3. The number of benzene rings is 1. The van der Waals surface area contributed by atoms with Crippen LogP contribution in [0.5, 0.6) is 5.75 Å². The molecule has 0 atom stereocenters. The number of thiocarbonyl (C=S) groups is 1. The van der Waals surface area contributed by atoms with Crippen molar-refractivity contribution in [1.29, 1.82) is 0 Å². The van der Waals surface area contributed by atoms with E-state index in [1.165, 1.54) is 0 Å². The second-order valence-electron chi connectivity index (χ2n) is 3.65. The molecule has 0 bridgehead atoms. The number of aromatic nitrogens is 1. The van der Waals surface area contributed by atoms with Crippen LogP contribution < -0.4 is 10.5 Å². The summed E-state index contributed by atoms with van der Waals surface area (Å²) >= 11 is 8.35. The second-order valence-corrected chi connectivity index (χ2v) is 5.00. The van der Waals surface area contributed by atoms with Gasteiger partial charge in [0.05, 0.1) is 6.20 Å². The van der Waals surface area contributed by atoms with Crippen molar-refractivity contribution < 1.29 is 4.74 Å². The number of nitrogens with two attached hydrogens (primary N) is 1. The maximum absolute atomic E-state index is 5.66. The molecule has 0 radical (unpaired) electrons. The summed E-state index contributed by atoms with van der Waals surface area (Å²) in [6.07, 6.45) is 3.37. The van der Waals surface area contributed by atoms with Crippen LogP contribution in [0.25, 0.3) is 0 Å². The molecular weight excluding hydrogens is 312 g/mol. The van der Waals surface area contributed by atoms with E-state index < -0.39 is 0 Å². The third-order valence-corrected chi connectivity index (χ3v) is 3.01. The first-order valence-electron chi connectivity index (χ1n) is 5.28. The molecule has 0 aliphatic heterocycles. The molecule has 92 valence electrons. The zero-order valence-electron chi connectivity index (χ0n) is 9.47. The SMILES string of the molecule is NC(=S)c1ccccc1COc1cncc(Br)c1. The van der Waals surface area contributed by atoms with Crippen molar-refractivity contribution >= 4 is 33.1 Å². The van der Waals surface area contributed by atoms with Gasteiger partial charge in [-0.05, 0) is 27.6 Å². The van der Waals surface area contributed by atoms with Crippen molar-refractivity contribution in [3.8, 4) is 5.75 Å². The molecular formula is C13H11BrN2OS. The summed E-state index contributed by atoms with van der Waals surface area (Å²) in [4.78, 5) is 4.41. The van der Waals surface area contributed by atoms with Crippen molar-refractivity contribution in [2.75, 3.05) is 0 Å². The van der Waals surface area contributed by atoms with Gasteiger partial charge in [0, 0.05) is 16.2 Å². The number of rotatable bonds is 4. The quantitative estimate of drug-likeness (QED) is 0.879. The lowest BCUT2D eigenvalue weighted by atomic mass is 10.1. The van der Waals surface area contributed by atoms with Crippen molar-refractivity contribution in [2.45, 2.75) is 6.61 Å². The molecule has 0 aliphatic rings. The summed E-state index contributed by atoms with van der Waals surface area (Å²) in [5, 5.41) is 0. The summed E-state index contributed by atoms with van der Waals surface area (Å²) in [6.45, 7) is 0.408. The monoisotopic (exact) mass is 322 g/mol. The number of halogens is 1. The van der Waals surface area contributed by atoms with E-state index in [9.17, 15) is 0 Å². The van der Waals surface area contributed by atoms with Gasteiger partial charge in [0.25, 0.3) is 0 Å². The molecule has 3 nitrogen and oxygen atoms in total. The Morgan fingerprint density at radius 2 is 2.11 bits per heavy atom. The topological polar surface area (TPSA) is 48.1 Å². The molecule has 0 spiro atoms. The normalized spacial score (nSPS) is 10.1. The third-order valence-electron chi connectivity index (χ3n) is 2.36. The minimum absolute atomic E-state index is 0.376. The summed E-state index contributed by atoms with van der Waals surface area (Å²) < 4.78 is 6.53. The van der Waals surface area contributed by atoms with Gasteiger partial charge >= 0.3 is 0 Å². The van der Waals surface area contributed by atoms with E-state index in [0.717, 1.165) is 15.6 Å². The Morgan fingerprint density at radius 3 is 2.83 bits per heavy atom. The second kappa shape index (κ2) is 5.93. The van der Waals surface area contributed by atoms with Gasteiger partial charge in [0.15, 0.2) is 0 Å². The Hall–Kier alpha value is -1.46. The van der Waals surface area contributed by atoms with Crippen LogP contribution in [0.3, 0.4) is 0 Å². The molecule has 2 aromatic rings. The maximum Gasteiger partial charge on any atom is 0.139 e. The van der Waals surface area contributed by atoms with E-state index >= 15 is 0 Å². The lowest BCUT2D eigenvalue weighted by molar-refractivity contribution is 0.304. The van der Waals surface area contributed by atoms with Crippen molar-refractivity contribution in [3.05, 3.63) is 58.3 Å². The first-order chi connectivity index (χ1) is 8.66. The molecule has 1 aromatic carbocycles. The molecule has 1 aromatic heterocycles. The fourth-order valence-electron chi connectivity index (χ4n) is 1.52. The van der Waals surface area contributed by atoms with E-state index in [-0.39, 0.29) is 0 Å². The van der Waals surface area contributed by atoms with Crippen LogP contribution >= 0.6 is 28.1 Å². The molecule has 0 aliphatic carbocycles. The molecule has 0 fully saturated rings. The molecule has 2 rings (SSSR count). The molecule has 2 N–H and O–H groups in total. The third kappa shape index (κ3) is 3.27. The van der Waals surface area contributed by atoms with Crippen molar-refractivity contribution in [2.24, 2.45) is 5.73 Å². The number of nitrogens with zero attached hydrogens (tertiary/aromatic N) is 1. The zero-order chi connectivity index (χ0) is 13.0. The van der Waals surface area contributed by atoms with Gasteiger partial charge in [-0.3, -0.25) is 4.98 Å². The highest BCUT2D eigenvalue weighted by Gasteiger charge is 2.05. The van der Waals surface area contributed by atoms with Gasteiger partial charge in [-0.15, -0.1) is 0 Å². The van der Waals surface area contributed by atoms with Gasteiger partial charge in [0.1, 0.15) is 17.3 Å². The highest BCUT2D eigenvalue weighted by molar-refractivity contribution is 9.10. The van der Waals surface area contributed by atoms with Crippen LogP contribution in [-0.4, -0.2) is 9.97 Å².